The minimum absolute atomic E-state index is 0.0133. The highest BCUT2D eigenvalue weighted by Crippen LogP contribution is 2.22. The van der Waals surface area contributed by atoms with Gasteiger partial charge in [-0.3, -0.25) is 9.78 Å². The molecule has 1 amide bonds. The van der Waals surface area contributed by atoms with Crippen LogP contribution in [0.1, 0.15) is 6.42 Å². The van der Waals surface area contributed by atoms with E-state index in [9.17, 15) is 4.79 Å². The Morgan fingerprint density at radius 3 is 3.24 bits per heavy atom. The molecular formula is C14H16N4O2S. The van der Waals surface area contributed by atoms with Crippen LogP contribution in [0.2, 0.25) is 0 Å². The van der Waals surface area contributed by atoms with E-state index < -0.39 is 0 Å². The van der Waals surface area contributed by atoms with Gasteiger partial charge in [-0.2, -0.15) is 0 Å². The summed E-state index contributed by atoms with van der Waals surface area (Å²) in [5.41, 5.74) is 0. The molecule has 21 heavy (non-hydrogen) atoms. The predicted octanol–water partition coefficient (Wildman–Crippen LogP) is 1.31. The van der Waals surface area contributed by atoms with E-state index in [1.165, 1.54) is 0 Å². The van der Waals surface area contributed by atoms with Gasteiger partial charge in [-0.1, -0.05) is 0 Å². The quantitative estimate of drug-likeness (QED) is 0.902. The number of carbonyl (C=O) groups is 1. The lowest BCUT2D eigenvalue weighted by atomic mass is 10.2. The van der Waals surface area contributed by atoms with Crippen molar-refractivity contribution in [3.05, 3.63) is 36.1 Å². The Kier molecular flexibility index (Phi) is 4.30. The molecular weight excluding hydrogens is 288 g/mol. The highest BCUT2D eigenvalue weighted by molar-refractivity contribution is 7.13. The van der Waals surface area contributed by atoms with Gasteiger partial charge >= 0.3 is 0 Å². The van der Waals surface area contributed by atoms with Crippen LogP contribution in [0.4, 0.5) is 5.13 Å². The van der Waals surface area contributed by atoms with E-state index in [4.69, 9.17) is 4.74 Å². The van der Waals surface area contributed by atoms with Crippen molar-refractivity contribution in [2.75, 3.05) is 24.6 Å². The SMILES string of the molecule is O=C(COc1cccnc1)NC1CCN(c2nccs2)C1. The molecule has 0 saturated carbocycles. The van der Waals surface area contributed by atoms with Gasteiger partial charge in [0.25, 0.3) is 5.91 Å². The molecule has 0 radical (unpaired) electrons. The maximum absolute atomic E-state index is 11.9. The Morgan fingerprint density at radius 2 is 2.48 bits per heavy atom. The summed E-state index contributed by atoms with van der Waals surface area (Å²) in [5.74, 6) is 0.494. The van der Waals surface area contributed by atoms with Crippen LogP contribution in [-0.4, -0.2) is 41.6 Å². The van der Waals surface area contributed by atoms with Crippen LogP contribution >= 0.6 is 11.3 Å². The van der Waals surface area contributed by atoms with Crippen molar-refractivity contribution >= 4 is 22.4 Å². The molecule has 1 atom stereocenters. The number of amides is 1. The first-order chi connectivity index (χ1) is 10.3. The molecule has 0 aromatic carbocycles. The molecule has 0 aliphatic carbocycles. The molecule has 1 aliphatic heterocycles. The van der Waals surface area contributed by atoms with E-state index in [2.05, 4.69) is 20.2 Å². The lowest BCUT2D eigenvalue weighted by Crippen LogP contribution is -2.39. The van der Waals surface area contributed by atoms with Gasteiger partial charge < -0.3 is 15.0 Å². The van der Waals surface area contributed by atoms with Gasteiger partial charge in [0, 0.05) is 36.9 Å². The first kappa shape index (κ1) is 13.8. The number of nitrogens with zero attached hydrogens (tertiary/aromatic N) is 3. The maximum Gasteiger partial charge on any atom is 0.258 e. The third-order valence-electron chi connectivity index (χ3n) is 3.25. The van der Waals surface area contributed by atoms with E-state index >= 15 is 0 Å². The number of aromatic nitrogens is 2. The van der Waals surface area contributed by atoms with Crippen LogP contribution in [0.25, 0.3) is 0 Å². The van der Waals surface area contributed by atoms with Crippen LogP contribution in [0.3, 0.4) is 0 Å². The molecule has 1 aliphatic rings. The lowest BCUT2D eigenvalue weighted by Gasteiger charge is -2.15. The molecule has 6 nitrogen and oxygen atoms in total. The smallest absolute Gasteiger partial charge is 0.258 e. The van der Waals surface area contributed by atoms with Crippen LogP contribution in [0.5, 0.6) is 5.75 Å². The van der Waals surface area contributed by atoms with E-state index in [1.54, 1.807) is 42.1 Å². The van der Waals surface area contributed by atoms with Gasteiger partial charge in [-0.25, -0.2) is 4.98 Å². The van der Waals surface area contributed by atoms with E-state index in [-0.39, 0.29) is 18.6 Å². The molecule has 3 rings (SSSR count). The second-order valence-electron chi connectivity index (χ2n) is 4.79. The van der Waals surface area contributed by atoms with Crippen molar-refractivity contribution in [2.45, 2.75) is 12.5 Å². The molecule has 2 aromatic heterocycles. The molecule has 1 unspecified atom stereocenters. The van der Waals surface area contributed by atoms with E-state index in [0.29, 0.717) is 5.75 Å². The fourth-order valence-electron chi connectivity index (χ4n) is 2.27. The fourth-order valence-corrected chi connectivity index (χ4v) is 2.95. The minimum atomic E-state index is -0.107. The molecule has 7 heteroatoms. The number of ether oxygens (including phenoxy) is 1. The van der Waals surface area contributed by atoms with Crippen molar-refractivity contribution in [3.63, 3.8) is 0 Å². The Hall–Kier alpha value is -2.15. The number of hydrogen-bond acceptors (Lipinski definition) is 6. The van der Waals surface area contributed by atoms with Crippen molar-refractivity contribution in [1.29, 1.82) is 0 Å². The second kappa shape index (κ2) is 6.53. The van der Waals surface area contributed by atoms with Crippen LogP contribution < -0.4 is 15.0 Å². The van der Waals surface area contributed by atoms with Crippen molar-refractivity contribution < 1.29 is 9.53 Å². The standard InChI is InChI=1S/C14H16N4O2S/c19-13(10-20-12-2-1-4-15-8-12)17-11-3-6-18(9-11)14-16-5-7-21-14/h1-2,4-5,7-8,11H,3,6,9-10H2,(H,17,19). The van der Waals surface area contributed by atoms with E-state index in [0.717, 1.165) is 24.6 Å². The Balaban J connectivity index is 1.43. The van der Waals surface area contributed by atoms with Crippen LogP contribution in [0.15, 0.2) is 36.1 Å². The first-order valence-electron chi connectivity index (χ1n) is 6.78. The van der Waals surface area contributed by atoms with Crippen LogP contribution in [0, 0.1) is 0 Å². The summed E-state index contributed by atoms with van der Waals surface area (Å²) in [6, 6.07) is 3.70. The lowest BCUT2D eigenvalue weighted by molar-refractivity contribution is -0.123. The molecule has 3 heterocycles. The highest BCUT2D eigenvalue weighted by Gasteiger charge is 2.25. The molecule has 110 valence electrons. The van der Waals surface area contributed by atoms with Gasteiger partial charge in [0.15, 0.2) is 11.7 Å². The zero-order chi connectivity index (χ0) is 14.5. The number of rotatable bonds is 5. The number of pyridine rings is 1. The van der Waals surface area contributed by atoms with Gasteiger partial charge in [0.2, 0.25) is 0 Å². The third-order valence-corrected chi connectivity index (χ3v) is 4.08. The third kappa shape index (κ3) is 3.69. The van der Waals surface area contributed by atoms with Crippen molar-refractivity contribution in [2.24, 2.45) is 0 Å². The van der Waals surface area contributed by atoms with Gasteiger partial charge in [0.1, 0.15) is 5.75 Å². The van der Waals surface area contributed by atoms with Crippen LogP contribution in [-0.2, 0) is 4.79 Å². The number of anilines is 1. The summed E-state index contributed by atoms with van der Waals surface area (Å²) in [6.45, 7) is 1.73. The Morgan fingerprint density at radius 1 is 1.52 bits per heavy atom. The maximum atomic E-state index is 11.9. The predicted molar refractivity (Wildman–Crippen MR) is 80.6 cm³/mol. The molecule has 1 saturated heterocycles. The van der Waals surface area contributed by atoms with Crippen molar-refractivity contribution in [3.8, 4) is 5.75 Å². The monoisotopic (exact) mass is 304 g/mol. The number of thiazole rings is 1. The fraction of sp³-hybridized carbons (Fsp3) is 0.357. The normalized spacial score (nSPS) is 17.7. The topological polar surface area (TPSA) is 67.3 Å². The summed E-state index contributed by atoms with van der Waals surface area (Å²) in [5, 5.41) is 5.97. The van der Waals surface area contributed by atoms with Crippen molar-refractivity contribution in [1.82, 2.24) is 15.3 Å². The summed E-state index contributed by atoms with van der Waals surface area (Å²) in [7, 11) is 0. The van der Waals surface area contributed by atoms with Gasteiger partial charge in [0.05, 0.1) is 6.20 Å². The molecule has 0 spiro atoms. The van der Waals surface area contributed by atoms with Gasteiger partial charge in [-0.05, 0) is 18.6 Å². The zero-order valence-electron chi connectivity index (χ0n) is 11.4. The number of carbonyl (C=O) groups excluding carboxylic acids is 1. The average Bonchev–Trinajstić information content (AvgIpc) is 3.17. The number of hydrogen-bond donors (Lipinski definition) is 1. The Bertz CT molecular complexity index is 576. The summed E-state index contributed by atoms with van der Waals surface area (Å²) < 4.78 is 5.38. The summed E-state index contributed by atoms with van der Waals surface area (Å²) in [4.78, 5) is 22.3. The highest BCUT2D eigenvalue weighted by atomic mass is 32.1. The first-order valence-corrected chi connectivity index (χ1v) is 7.66. The average molecular weight is 304 g/mol. The molecule has 2 aromatic rings. The number of nitrogens with one attached hydrogen (secondary N) is 1. The zero-order valence-corrected chi connectivity index (χ0v) is 12.3. The molecule has 0 bridgehead atoms. The summed E-state index contributed by atoms with van der Waals surface area (Å²) in [6.07, 6.45) is 5.98. The summed E-state index contributed by atoms with van der Waals surface area (Å²) >= 11 is 1.62. The molecule has 1 fully saturated rings. The van der Waals surface area contributed by atoms with E-state index in [1.807, 2.05) is 5.38 Å². The van der Waals surface area contributed by atoms with Gasteiger partial charge in [-0.15, -0.1) is 11.3 Å². The Labute approximate surface area is 126 Å². The second-order valence-corrected chi connectivity index (χ2v) is 5.66. The minimum Gasteiger partial charge on any atom is -0.482 e. The molecule has 1 N–H and O–H groups in total. The largest absolute Gasteiger partial charge is 0.482 e.